The number of benzene rings is 1. The van der Waals surface area contributed by atoms with Crippen molar-refractivity contribution in [1.82, 2.24) is 4.90 Å². The summed E-state index contributed by atoms with van der Waals surface area (Å²) in [7, 11) is 0. The molecule has 1 aromatic carbocycles. The van der Waals surface area contributed by atoms with E-state index in [1.807, 2.05) is 6.92 Å². The van der Waals surface area contributed by atoms with E-state index >= 15 is 0 Å². The molecule has 0 radical (unpaired) electrons. The average molecular weight is 306 g/mol. The number of carbonyl (C=O) groups excluding carboxylic acids is 1. The molecule has 0 bridgehead atoms. The molecule has 1 aliphatic rings. The van der Waals surface area contributed by atoms with Crippen LogP contribution in [0.2, 0.25) is 0 Å². The number of likely N-dealkylation sites (tertiary alicyclic amines) is 1. The maximum Gasteiger partial charge on any atom is 0.417 e. The molecule has 1 aliphatic heterocycles. The second-order valence-electron chi connectivity index (χ2n) is 5.08. The summed E-state index contributed by atoms with van der Waals surface area (Å²) in [5, 5.41) is -0.217. The number of piperidine rings is 1. The number of hydrogen-bond acceptors (Lipinski definition) is 1. The van der Waals surface area contributed by atoms with E-state index in [0.717, 1.165) is 6.07 Å². The van der Waals surface area contributed by atoms with Crippen LogP contribution in [-0.4, -0.2) is 29.3 Å². The number of alkyl halides is 4. The molecule has 6 heteroatoms. The molecule has 2 rings (SSSR count). The summed E-state index contributed by atoms with van der Waals surface area (Å²) in [5.41, 5.74) is -1.20. The summed E-state index contributed by atoms with van der Waals surface area (Å²) in [5.74, 6) is -0.339. The number of rotatable bonds is 1. The Balaban J connectivity index is 2.26. The van der Waals surface area contributed by atoms with Gasteiger partial charge >= 0.3 is 6.18 Å². The smallest absolute Gasteiger partial charge is 0.337 e. The topological polar surface area (TPSA) is 20.3 Å². The third-order valence-electron chi connectivity index (χ3n) is 3.62. The van der Waals surface area contributed by atoms with Crippen molar-refractivity contribution in [3.8, 4) is 0 Å². The molecule has 1 amide bonds. The fourth-order valence-corrected chi connectivity index (χ4v) is 2.59. The lowest BCUT2D eigenvalue weighted by molar-refractivity contribution is -0.138. The van der Waals surface area contributed by atoms with Gasteiger partial charge in [0.2, 0.25) is 0 Å². The summed E-state index contributed by atoms with van der Waals surface area (Å²) in [4.78, 5) is 13.7. The number of carbonyl (C=O) groups is 1. The first-order valence-electron chi connectivity index (χ1n) is 6.40. The SMILES string of the molecule is CC1CCN(C(=O)c2ccccc2C(F)(F)F)CC1Cl. The summed E-state index contributed by atoms with van der Waals surface area (Å²) in [6.45, 7) is 2.70. The molecular weight excluding hydrogens is 291 g/mol. The van der Waals surface area contributed by atoms with Gasteiger partial charge in [-0.25, -0.2) is 0 Å². The van der Waals surface area contributed by atoms with Crippen molar-refractivity contribution in [1.29, 1.82) is 0 Å². The first-order chi connectivity index (χ1) is 9.30. The van der Waals surface area contributed by atoms with Crippen molar-refractivity contribution < 1.29 is 18.0 Å². The fraction of sp³-hybridized carbons (Fsp3) is 0.500. The highest BCUT2D eigenvalue weighted by molar-refractivity contribution is 6.21. The quantitative estimate of drug-likeness (QED) is 0.723. The molecule has 1 fully saturated rings. The normalized spacial score (nSPS) is 23.8. The molecule has 0 aromatic heterocycles. The van der Waals surface area contributed by atoms with E-state index in [-0.39, 0.29) is 23.4 Å². The lowest BCUT2D eigenvalue weighted by Crippen LogP contribution is -2.44. The standard InChI is InChI=1S/C14H15ClF3NO/c1-9-6-7-19(8-12(9)15)13(20)10-4-2-3-5-11(10)14(16,17)18/h2-5,9,12H,6-8H2,1H3. The molecule has 20 heavy (non-hydrogen) atoms. The molecule has 1 heterocycles. The summed E-state index contributed by atoms with van der Waals surface area (Å²) in [6, 6.07) is 4.86. The van der Waals surface area contributed by atoms with Crippen LogP contribution in [0, 0.1) is 5.92 Å². The van der Waals surface area contributed by atoms with Gasteiger partial charge in [-0.1, -0.05) is 19.1 Å². The zero-order valence-corrected chi connectivity index (χ0v) is 11.7. The maximum absolute atomic E-state index is 12.9. The minimum absolute atomic E-state index is 0.217. The third kappa shape index (κ3) is 3.08. The molecule has 1 aromatic rings. The van der Waals surface area contributed by atoms with Crippen LogP contribution >= 0.6 is 11.6 Å². The van der Waals surface area contributed by atoms with Crippen LogP contribution in [0.3, 0.4) is 0 Å². The van der Waals surface area contributed by atoms with Gasteiger partial charge in [-0.3, -0.25) is 4.79 Å². The Labute approximate surface area is 120 Å². The van der Waals surface area contributed by atoms with Crippen molar-refractivity contribution in [2.45, 2.75) is 24.9 Å². The third-order valence-corrected chi connectivity index (χ3v) is 4.18. The second kappa shape index (κ2) is 5.64. The van der Waals surface area contributed by atoms with Gasteiger partial charge in [0.05, 0.1) is 16.5 Å². The molecule has 2 atom stereocenters. The van der Waals surface area contributed by atoms with Crippen LogP contribution in [-0.2, 0) is 6.18 Å². The summed E-state index contributed by atoms with van der Waals surface area (Å²) < 4.78 is 38.8. The lowest BCUT2D eigenvalue weighted by Gasteiger charge is -2.34. The van der Waals surface area contributed by atoms with Gasteiger partial charge in [-0.2, -0.15) is 13.2 Å². The van der Waals surface area contributed by atoms with Crippen LogP contribution in [0.15, 0.2) is 24.3 Å². The second-order valence-corrected chi connectivity index (χ2v) is 5.64. The highest BCUT2D eigenvalue weighted by Gasteiger charge is 2.37. The number of nitrogens with zero attached hydrogens (tertiary/aromatic N) is 1. The van der Waals surface area contributed by atoms with Gasteiger partial charge in [0, 0.05) is 13.1 Å². The van der Waals surface area contributed by atoms with Gasteiger partial charge in [-0.05, 0) is 24.5 Å². The molecule has 2 nitrogen and oxygen atoms in total. The average Bonchev–Trinajstić information content (AvgIpc) is 2.40. The maximum atomic E-state index is 12.9. The van der Waals surface area contributed by atoms with Crippen molar-refractivity contribution in [3.63, 3.8) is 0 Å². The Morgan fingerprint density at radius 2 is 2.00 bits per heavy atom. The van der Waals surface area contributed by atoms with E-state index in [9.17, 15) is 18.0 Å². The highest BCUT2D eigenvalue weighted by atomic mass is 35.5. The summed E-state index contributed by atoms with van der Waals surface area (Å²) in [6.07, 6.45) is -3.83. The van der Waals surface area contributed by atoms with Gasteiger partial charge in [0.15, 0.2) is 0 Å². The van der Waals surface area contributed by atoms with Crippen molar-refractivity contribution >= 4 is 17.5 Å². The van der Waals surface area contributed by atoms with Gasteiger partial charge in [0.1, 0.15) is 0 Å². The van der Waals surface area contributed by atoms with Crippen LogP contribution in [0.25, 0.3) is 0 Å². The minimum atomic E-state index is -4.53. The fourth-order valence-electron chi connectivity index (χ4n) is 2.29. The Bertz CT molecular complexity index is 503. The van der Waals surface area contributed by atoms with E-state index in [2.05, 4.69) is 0 Å². The molecule has 0 spiro atoms. The number of hydrogen-bond donors (Lipinski definition) is 0. The largest absolute Gasteiger partial charge is 0.417 e. The molecule has 0 N–H and O–H groups in total. The van der Waals surface area contributed by atoms with Crippen molar-refractivity contribution in [2.24, 2.45) is 5.92 Å². The van der Waals surface area contributed by atoms with Crippen LogP contribution in [0.1, 0.15) is 29.3 Å². The molecule has 1 saturated heterocycles. The van der Waals surface area contributed by atoms with Crippen LogP contribution < -0.4 is 0 Å². The van der Waals surface area contributed by atoms with E-state index in [4.69, 9.17) is 11.6 Å². The molecule has 2 unspecified atom stereocenters. The first kappa shape index (κ1) is 15.2. The minimum Gasteiger partial charge on any atom is -0.337 e. The van der Waals surface area contributed by atoms with Crippen molar-refractivity contribution in [2.75, 3.05) is 13.1 Å². The van der Waals surface area contributed by atoms with Crippen molar-refractivity contribution in [3.05, 3.63) is 35.4 Å². The zero-order chi connectivity index (χ0) is 14.9. The van der Waals surface area contributed by atoms with E-state index in [1.165, 1.54) is 23.1 Å². The Morgan fingerprint density at radius 1 is 1.35 bits per heavy atom. The Hall–Kier alpha value is -1.23. The van der Waals surface area contributed by atoms with E-state index in [0.29, 0.717) is 13.0 Å². The van der Waals surface area contributed by atoms with E-state index < -0.39 is 17.6 Å². The molecule has 0 aliphatic carbocycles. The van der Waals surface area contributed by atoms with Crippen LogP contribution in [0.4, 0.5) is 13.2 Å². The number of amides is 1. The predicted octanol–water partition coefficient (Wildman–Crippen LogP) is 3.79. The monoisotopic (exact) mass is 305 g/mol. The number of halogens is 4. The summed E-state index contributed by atoms with van der Waals surface area (Å²) >= 11 is 6.11. The Kier molecular flexibility index (Phi) is 4.28. The van der Waals surface area contributed by atoms with Gasteiger partial charge in [0.25, 0.3) is 5.91 Å². The van der Waals surface area contributed by atoms with E-state index in [1.54, 1.807) is 0 Å². The van der Waals surface area contributed by atoms with Crippen LogP contribution in [0.5, 0.6) is 0 Å². The molecule has 0 saturated carbocycles. The lowest BCUT2D eigenvalue weighted by atomic mass is 9.97. The Morgan fingerprint density at radius 3 is 2.60 bits per heavy atom. The zero-order valence-electron chi connectivity index (χ0n) is 11.0. The molecule has 110 valence electrons. The molecular formula is C14H15ClF3NO. The first-order valence-corrected chi connectivity index (χ1v) is 6.84. The highest BCUT2D eigenvalue weighted by Crippen LogP contribution is 2.33. The predicted molar refractivity (Wildman–Crippen MR) is 70.8 cm³/mol. The van der Waals surface area contributed by atoms with Gasteiger partial charge in [-0.15, -0.1) is 11.6 Å². The van der Waals surface area contributed by atoms with Gasteiger partial charge < -0.3 is 4.90 Å².